The number of carboxylic acid groups (broad SMARTS) is 1. The summed E-state index contributed by atoms with van der Waals surface area (Å²) in [7, 11) is 5.01. The number of nitrogens with two attached hydrogens (primary N) is 3. The first-order valence-corrected chi connectivity index (χ1v) is 23.5. The van der Waals surface area contributed by atoms with E-state index in [1.54, 1.807) is 54.1 Å². The molecule has 0 aliphatic carbocycles. The third kappa shape index (κ3) is 13.4. The van der Waals surface area contributed by atoms with Gasteiger partial charge in [0.25, 0.3) is 5.91 Å². The van der Waals surface area contributed by atoms with E-state index in [-0.39, 0.29) is 56.0 Å². The summed E-state index contributed by atoms with van der Waals surface area (Å²) in [5, 5.41) is 18.1. The number of carboxylic acids is 1. The molecule has 0 radical (unpaired) electrons. The molecule has 5 rings (SSSR count). The van der Waals surface area contributed by atoms with Crippen LogP contribution in [0.1, 0.15) is 72.9 Å². The number of fused-ring (bicyclic) bond motifs is 5. The van der Waals surface area contributed by atoms with Gasteiger partial charge in [0.2, 0.25) is 17.7 Å². The van der Waals surface area contributed by atoms with Crippen LogP contribution >= 0.6 is 21.6 Å². The molecule has 10 N–H and O–H groups in total. The van der Waals surface area contributed by atoms with Crippen LogP contribution in [0.3, 0.4) is 0 Å². The molecule has 4 atom stereocenters. The Morgan fingerprint density at radius 1 is 0.923 bits per heavy atom. The maximum Gasteiger partial charge on any atom is 0.326 e. The first-order chi connectivity index (χ1) is 30.9. The average Bonchev–Trinajstić information content (AvgIpc) is 3.26. The fraction of sp³-hybridized carbons (Fsp3) is 0.413. The highest BCUT2D eigenvalue weighted by atomic mass is 33.1. The zero-order valence-electron chi connectivity index (χ0n) is 37.5. The van der Waals surface area contributed by atoms with Gasteiger partial charge in [-0.3, -0.25) is 19.2 Å². The van der Waals surface area contributed by atoms with E-state index in [1.165, 1.54) is 25.1 Å². The van der Waals surface area contributed by atoms with Gasteiger partial charge >= 0.3 is 5.97 Å². The quantitative estimate of drug-likeness (QED) is 0.0744. The highest BCUT2D eigenvalue weighted by Gasteiger charge is 2.36. The molecular formula is C46H59N9O8S2. The van der Waals surface area contributed by atoms with Crippen molar-refractivity contribution in [2.45, 2.75) is 82.1 Å². The number of likely N-dealkylation sites (N-methyl/N-ethyl adjacent to an activating group) is 1. The molecule has 1 aromatic heterocycles. The number of aryl methyl sites for hydroxylation is 1. The van der Waals surface area contributed by atoms with Crippen molar-refractivity contribution in [1.29, 1.82) is 0 Å². The predicted octanol–water partition coefficient (Wildman–Crippen LogP) is 3.75. The highest BCUT2D eigenvalue weighted by molar-refractivity contribution is 8.76. The van der Waals surface area contributed by atoms with Gasteiger partial charge in [0.1, 0.15) is 48.9 Å². The Morgan fingerprint density at radius 2 is 1.57 bits per heavy atom. The number of hydrogen-bond donors (Lipinski definition) is 7. The van der Waals surface area contributed by atoms with Gasteiger partial charge < -0.3 is 52.6 Å². The minimum Gasteiger partial charge on any atom is -0.492 e. The molecular weight excluding hydrogens is 871 g/mol. The first-order valence-electron chi connectivity index (χ1n) is 21.2. The van der Waals surface area contributed by atoms with Crippen molar-refractivity contribution in [1.82, 2.24) is 30.8 Å². The van der Waals surface area contributed by atoms with Crippen LogP contribution in [0.2, 0.25) is 0 Å². The van der Waals surface area contributed by atoms with Crippen LogP contribution in [0.25, 0.3) is 22.5 Å². The number of carbonyl (C=O) groups is 5. The summed E-state index contributed by atoms with van der Waals surface area (Å²) in [6.45, 7) is 10.3. The molecule has 0 unspecified atom stereocenters. The van der Waals surface area contributed by atoms with Gasteiger partial charge in [0.05, 0.1) is 11.3 Å². The van der Waals surface area contributed by atoms with Gasteiger partial charge in [0.15, 0.2) is 5.82 Å². The summed E-state index contributed by atoms with van der Waals surface area (Å²) in [6, 6.07) is 12.7. The van der Waals surface area contributed by atoms with Crippen molar-refractivity contribution in [3.63, 3.8) is 0 Å². The second-order valence-electron chi connectivity index (χ2n) is 16.5. The monoisotopic (exact) mass is 929 g/mol. The van der Waals surface area contributed by atoms with Crippen molar-refractivity contribution in [3.05, 3.63) is 94.8 Å². The van der Waals surface area contributed by atoms with E-state index in [9.17, 15) is 29.1 Å². The summed E-state index contributed by atoms with van der Waals surface area (Å²) in [6.07, 6.45) is 1.31. The zero-order chi connectivity index (χ0) is 47.4. The lowest BCUT2D eigenvalue weighted by Gasteiger charge is -2.32. The van der Waals surface area contributed by atoms with Crippen molar-refractivity contribution in [2.24, 2.45) is 17.2 Å². The van der Waals surface area contributed by atoms with Crippen LogP contribution in [0, 0.1) is 6.92 Å². The summed E-state index contributed by atoms with van der Waals surface area (Å²) in [5.41, 5.74) is 21.8. The number of benzene rings is 3. The van der Waals surface area contributed by atoms with Crippen LogP contribution in [0.4, 0.5) is 0 Å². The number of aromatic nitrogens is 2. The van der Waals surface area contributed by atoms with Crippen molar-refractivity contribution >= 4 is 51.2 Å². The van der Waals surface area contributed by atoms with E-state index in [0.29, 0.717) is 45.3 Å². The fourth-order valence-electron chi connectivity index (χ4n) is 6.96. The van der Waals surface area contributed by atoms with E-state index < -0.39 is 53.8 Å². The molecule has 4 aromatic rings. The Morgan fingerprint density at radius 3 is 2.17 bits per heavy atom. The number of nitrogens with zero attached hydrogens (tertiary/aromatic N) is 3. The Labute approximate surface area is 387 Å². The number of nitrogens with one attached hydrogen (secondary N) is 3. The second kappa shape index (κ2) is 22.9. The van der Waals surface area contributed by atoms with E-state index in [1.807, 2.05) is 35.1 Å². The van der Waals surface area contributed by atoms with Gasteiger partial charge in [-0.15, -0.1) is 0 Å². The first kappa shape index (κ1) is 50.3. The van der Waals surface area contributed by atoms with Crippen LogP contribution in [-0.2, 0) is 31.4 Å². The van der Waals surface area contributed by atoms with Crippen LogP contribution < -0.4 is 42.6 Å². The van der Waals surface area contributed by atoms with Crippen molar-refractivity contribution in [2.75, 3.05) is 39.9 Å². The SMILES string of the molecule is Cc1nc(-c2ccc(CSSC(C)(C)C)cc2)ncc1C(=O)N[C@@H](CCN)C(=O)N(C)[C@@H]1C(=O)N[C@@H](C)C(=O)N[C@H](C(=O)O)Cc2ccc(OCCN)c(c2)-c2cc1ccc2OCCN. The smallest absolute Gasteiger partial charge is 0.326 e. The van der Waals surface area contributed by atoms with Crippen molar-refractivity contribution < 1.29 is 38.6 Å². The lowest BCUT2D eigenvalue weighted by Crippen LogP contribution is -2.55. The number of aliphatic carboxylic acids is 1. The number of ether oxygens (including phenoxy) is 2. The van der Waals surface area contributed by atoms with Gasteiger partial charge in [-0.2, -0.15) is 0 Å². The molecule has 0 saturated carbocycles. The van der Waals surface area contributed by atoms with Crippen LogP contribution in [0.15, 0.2) is 66.9 Å². The standard InChI is InChI=1S/C46H59N9O8S2/c1-26-34(24-50-40(51-26)30-10-7-28(8-11-30)25-64-65-46(3,4)5)42(57)53-35(15-16-47)44(59)55(6)39-31-12-14-38(63-20-18-49)33(23-31)32-21-29(9-13-37(32)62-19-17-48)22-36(45(60)61)54-41(56)27(2)52-43(39)58/h7-14,21,23-24,27,35-36,39H,15-20,22,25,47-49H2,1-6H3,(H,52,58)(H,53,57)(H,54,56)(H,60,61)/t27-,35-,36-,39-/m0/s1. The molecule has 2 heterocycles. The Bertz CT molecular complexity index is 2340. The van der Waals surface area contributed by atoms with Crippen molar-refractivity contribution in [3.8, 4) is 34.0 Å². The van der Waals surface area contributed by atoms with E-state index in [4.69, 9.17) is 26.7 Å². The highest BCUT2D eigenvalue weighted by Crippen LogP contribution is 2.40. The van der Waals surface area contributed by atoms with Gasteiger partial charge in [-0.05, 0) is 67.8 Å². The van der Waals surface area contributed by atoms with Gasteiger partial charge in [-0.25, -0.2) is 14.8 Å². The Balaban J connectivity index is 1.49. The lowest BCUT2D eigenvalue weighted by molar-refractivity contribution is -0.143. The fourth-order valence-corrected chi connectivity index (χ4v) is 9.35. The number of rotatable bonds is 17. The molecule has 4 bridgehead atoms. The molecule has 3 aromatic carbocycles. The van der Waals surface area contributed by atoms with Crippen LogP contribution in [-0.4, -0.2) is 112 Å². The molecule has 65 heavy (non-hydrogen) atoms. The third-order valence-electron chi connectivity index (χ3n) is 10.2. The Hall–Kier alpha value is -5.73. The molecule has 17 nitrogen and oxygen atoms in total. The van der Waals surface area contributed by atoms with Crippen LogP contribution in [0.5, 0.6) is 11.5 Å². The largest absolute Gasteiger partial charge is 0.492 e. The van der Waals surface area contributed by atoms with Gasteiger partial charge in [-0.1, -0.05) is 78.8 Å². The maximum atomic E-state index is 14.6. The lowest BCUT2D eigenvalue weighted by atomic mass is 9.93. The van der Waals surface area contributed by atoms with E-state index in [2.05, 4.69) is 46.7 Å². The zero-order valence-corrected chi connectivity index (χ0v) is 39.1. The third-order valence-corrected chi connectivity index (χ3v) is 13.5. The number of hydrogen-bond acceptors (Lipinski definition) is 14. The minimum absolute atomic E-state index is 0.000395. The molecule has 1 aliphatic rings. The predicted molar refractivity (Wildman–Crippen MR) is 253 cm³/mol. The molecule has 1 aliphatic heterocycles. The molecule has 4 amide bonds. The topological polar surface area (TPSA) is 267 Å². The molecule has 19 heteroatoms. The summed E-state index contributed by atoms with van der Waals surface area (Å²) >= 11 is 0. The van der Waals surface area contributed by atoms with E-state index >= 15 is 0 Å². The minimum atomic E-state index is -1.40. The normalized spacial score (nSPS) is 16.9. The summed E-state index contributed by atoms with van der Waals surface area (Å²) in [4.78, 5) is 79.0. The van der Waals surface area contributed by atoms with E-state index in [0.717, 1.165) is 16.9 Å². The molecule has 0 saturated heterocycles. The molecule has 0 fully saturated rings. The van der Waals surface area contributed by atoms with Gasteiger partial charge in [0, 0.05) is 59.9 Å². The molecule has 348 valence electrons. The Kier molecular flexibility index (Phi) is 17.7. The number of carbonyl (C=O) groups excluding carboxylic acids is 4. The summed E-state index contributed by atoms with van der Waals surface area (Å²) < 4.78 is 12.2. The molecule has 0 spiro atoms. The second-order valence-corrected chi connectivity index (χ2v) is 19.6. The average molecular weight is 930 g/mol. The number of amides is 4. The summed E-state index contributed by atoms with van der Waals surface area (Å²) in [5.74, 6) is -2.09. The maximum absolute atomic E-state index is 14.6.